The Morgan fingerprint density at radius 2 is 1.71 bits per heavy atom. The quantitative estimate of drug-likeness (QED) is 0.118. The number of amides is 6. The molecule has 56 heavy (non-hydrogen) atoms. The fourth-order valence-electron chi connectivity index (χ4n) is 7.86. The smallest absolute Gasteiger partial charge is 0.270 e. The topological polar surface area (TPSA) is 206 Å². The second kappa shape index (κ2) is 17.4. The largest absolute Gasteiger partial charge is 0.390 e. The number of aliphatic hydroxyl groups excluding tert-OH is 1. The van der Waals surface area contributed by atoms with E-state index in [1.165, 1.54) is 17.5 Å². The molecule has 5 heterocycles. The highest BCUT2D eigenvalue weighted by molar-refractivity contribution is 6.25. The first-order valence-electron chi connectivity index (χ1n) is 19.3. The SMILES string of the molecule is O=C1CCC(N2C(=O)c3cccc(NCCCCC(=O)N4CCC(Nc5cc(C(=O)NC[C@H](O)CN6CCc7ccccc7C6)ncn5)CC4)c3C2=O)C(=O)N1. The van der Waals surface area contributed by atoms with Gasteiger partial charge in [0, 0.05) is 76.5 Å². The second-order valence-electron chi connectivity index (χ2n) is 14.8. The van der Waals surface area contributed by atoms with Crippen LogP contribution in [0.2, 0.25) is 0 Å². The molecule has 16 nitrogen and oxygen atoms in total. The lowest BCUT2D eigenvalue weighted by Crippen LogP contribution is -2.54. The first-order valence-corrected chi connectivity index (χ1v) is 19.3. The van der Waals surface area contributed by atoms with Crippen LogP contribution in [0, 0.1) is 0 Å². The minimum atomic E-state index is -1.03. The number of nitrogens with one attached hydrogen (secondary N) is 4. The molecule has 1 aromatic heterocycles. The molecule has 0 spiro atoms. The van der Waals surface area contributed by atoms with Crippen molar-refractivity contribution in [3.8, 4) is 0 Å². The summed E-state index contributed by atoms with van der Waals surface area (Å²) in [7, 11) is 0. The summed E-state index contributed by atoms with van der Waals surface area (Å²) in [5.74, 6) is -2.00. The van der Waals surface area contributed by atoms with Gasteiger partial charge in [0.25, 0.3) is 17.7 Å². The van der Waals surface area contributed by atoms with E-state index in [0.717, 1.165) is 24.4 Å². The summed E-state index contributed by atoms with van der Waals surface area (Å²) < 4.78 is 0. The van der Waals surface area contributed by atoms with Crippen molar-refractivity contribution in [2.45, 2.75) is 76.1 Å². The number of hydrogen-bond acceptors (Lipinski definition) is 12. The van der Waals surface area contributed by atoms with Crippen LogP contribution < -0.4 is 21.3 Å². The Kier molecular flexibility index (Phi) is 12.0. The molecular formula is C40H47N9O7. The number of aromatic nitrogens is 2. The van der Waals surface area contributed by atoms with Crippen LogP contribution in [0.15, 0.2) is 54.9 Å². The summed E-state index contributed by atoms with van der Waals surface area (Å²) in [6.45, 7) is 3.86. The zero-order chi connectivity index (χ0) is 39.2. The number of unbranched alkanes of at least 4 members (excludes halogenated alkanes) is 1. The van der Waals surface area contributed by atoms with Crippen molar-refractivity contribution in [1.82, 2.24) is 35.3 Å². The zero-order valence-electron chi connectivity index (χ0n) is 31.2. The molecule has 3 aromatic rings. The van der Waals surface area contributed by atoms with E-state index in [1.807, 2.05) is 17.0 Å². The molecule has 0 saturated carbocycles. The van der Waals surface area contributed by atoms with Crippen LogP contribution >= 0.6 is 0 Å². The summed E-state index contributed by atoms with van der Waals surface area (Å²) in [5, 5.41) is 22.2. The fourth-order valence-corrected chi connectivity index (χ4v) is 7.86. The Labute approximate surface area is 324 Å². The van der Waals surface area contributed by atoms with Crippen molar-refractivity contribution in [2.24, 2.45) is 0 Å². The molecule has 2 saturated heterocycles. The molecule has 4 aliphatic rings. The van der Waals surface area contributed by atoms with Crippen molar-refractivity contribution in [3.63, 3.8) is 0 Å². The number of aliphatic hydroxyl groups is 1. The van der Waals surface area contributed by atoms with Gasteiger partial charge in [-0.3, -0.25) is 43.9 Å². The molecule has 7 rings (SSSR count). The van der Waals surface area contributed by atoms with Gasteiger partial charge in [-0.25, -0.2) is 9.97 Å². The number of carbonyl (C=O) groups is 6. The van der Waals surface area contributed by atoms with E-state index >= 15 is 0 Å². The van der Waals surface area contributed by atoms with E-state index in [0.29, 0.717) is 69.8 Å². The van der Waals surface area contributed by atoms with E-state index in [1.54, 1.807) is 24.3 Å². The van der Waals surface area contributed by atoms with E-state index in [9.17, 15) is 33.9 Å². The van der Waals surface area contributed by atoms with Crippen molar-refractivity contribution in [3.05, 3.63) is 82.8 Å². The number of likely N-dealkylation sites (tertiary alicyclic amines) is 1. The Hall–Kier alpha value is -5.74. The number of nitrogens with zero attached hydrogens (tertiary/aromatic N) is 5. The molecule has 0 aliphatic carbocycles. The van der Waals surface area contributed by atoms with E-state index in [4.69, 9.17) is 0 Å². The molecule has 2 aromatic carbocycles. The van der Waals surface area contributed by atoms with E-state index in [2.05, 4.69) is 48.3 Å². The highest BCUT2D eigenvalue weighted by Gasteiger charge is 2.45. The number of benzene rings is 2. The van der Waals surface area contributed by atoms with Gasteiger partial charge in [0.1, 0.15) is 23.9 Å². The van der Waals surface area contributed by atoms with E-state index in [-0.39, 0.29) is 54.1 Å². The second-order valence-corrected chi connectivity index (χ2v) is 14.8. The number of carbonyl (C=O) groups excluding carboxylic acids is 6. The van der Waals surface area contributed by atoms with Crippen LogP contribution in [0.5, 0.6) is 0 Å². The van der Waals surface area contributed by atoms with Crippen molar-refractivity contribution < 1.29 is 33.9 Å². The van der Waals surface area contributed by atoms with Gasteiger partial charge in [-0.05, 0) is 61.8 Å². The average molecular weight is 766 g/mol. The highest BCUT2D eigenvalue weighted by Crippen LogP contribution is 2.32. The van der Waals surface area contributed by atoms with Crippen molar-refractivity contribution >= 4 is 46.9 Å². The van der Waals surface area contributed by atoms with Gasteiger partial charge in [-0.2, -0.15) is 0 Å². The normalized spacial score (nSPS) is 19.3. The van der Waals surface area contributed by atoms with Crippen LogP contribution in [0.1, 0.15) is 87.3 Å². The summed E-state index contributed by atoms with van der Waals surface area (Å²) >= 11 is 0. The lowest BCUT2D eigenvalue weighted by atomic mass is 10.00. The molecular weight excluding hydrogens is 718 g/mol. The van der Waals surface area contributed by atoms with Gasteiger partial charge in [0.2, 0.25) is 17.7 Å². The maximum atomic E-state index is 13.3. The summed E-state index contributed by atoms with van der Waals surface area (Å²) in [4.78, 5) is 89.7. The average Bonchev–Trinajstić information content (AvgIpc) is 3.46. The predicted molar refractivity (Wildman–Crippen MR) is 204 cm³/mol. The molecule has 16 heteroatoms. The standard InChI is InChI=1S/C40H47N9O7/c50-28(23-47-17-13-25-6-1-2-7-26(25)22-47)21-42-37(53)31-20-33(44-24-43-31)45-27-14-18-48(19-15-27)35(52)10-3-4-16-41-30-9-5-8-29-36(30)40(56)49(39(29)55)32-11-12-34(51)46-38(32)54/h1-2,5-9,20,24,27-28,32,41,50H,3-4,10-19,21-23H2,(H,42,53)(H,43,44,45)(H,46,51,54)/t28-,32?/m0/s1. The molecule has 6 amide bonds. The third-order valence-electron chi connectivity index (χ3n) is 10.9. The summed E-state index contributed by atoms with van der Waals surface area (Å²) in [5.41, 5.74) is 3.73. The molecule has 5 N–H and O–H groups in total. The Bertz CT molecular complexity index is 2000. The third-order valence-corrected chi connectivity index (χ3v) is 10.9. The van der Waals surface area contributed by atoms with Crippen LogP contribution in [-0.2, 0) is 27.3 Å². The summed E-state index contributed by atoms with van der Waals surface area (Å²) in [6, 6.07) is 13.9. The molecule has 4 aliphatic heterocycles. The molecule has 1 unspecified atom stereocenters. The maximum Gasteiger partial charge on any atom is 0.270 e. The number of piperidine rings is 2. The van der Waals surface area contributed by atoms with Gasteiger partial charge < -0.3 is 26.0 Å². The van der Waals surface area contributed by atoms with Crippen molar-refractivity contribution in [2.75, 3.05) is 49.9 Å². The lowest BCUT2D eigenvalue weighted by molar-refractivity contribution is -0.136. The van der Waals surface area contributed by atoms with Crippen LogP contribution in [-0.4, -0.2) is 123 Å². The molecule has 294 valence electrons. The monoisotopic (exact) mass is 765 g/mol. The predicted octanol–water partition coefficient (Wildman–Crippen LogP) is 1.71. The number of rotatable bonds is 14. The lowest BCUT2D eigenvalue weighted by Gasteiger charge is -2.32. The number of β-amino-alcohol motifs (C(OH)–C–C–N with tert-alkyl or cyclic N) is 1. The maximum absolute atomic E-state index is 13.3. The van der Waals surface area contributed by atoms with Gasteiger partial charge in [0.05, 0.1) is 17.2 Å². The van der Waals surface area contributed by atoms with Gasteiger partial charge in [-0.15, -0.1) is 0 Å². The first-order chi connectivity index (χ1) is 27.1. The number of imide groups is 2. The first kappa shape index (κ1) is 38.5. The van der Waals surface area contributed by atoms with Crippen LogP contribution in [0.3, 0.4) is 0 Å². The molecule has 2 atom stereocenters. The Morgan fingerprint density at radius 1 is 0.911 bits per heavy atom. The van der Waals surface area contributed by atoms with Crippen LogP contribution in [0.25, 0.3) is 0 Å². The minimum Gasteiger partial charge on any atom is -0.390 e. The number of anilines is 2. The summed E-state index contributed by atoms with van der Waals surface area (Å²) in [6.07, 6.45) is 4.79. The number of hydrogen-bond donors (Lipinski definition) is 5. The molecule has 0 bridgehead atoms. The van der Waals surface area contributed by atoms with Gasteiger partial charge >= 0.3 is 0 Å². The van der Waals surface area contributed by atoms with Crippen molar-refractivity contribution in [1.29, 1.82) is 0 Å². The highest BCUT2D eigenvalue weighted by atomic mass is 16.3. The number of fused-ring (bicyclic) bond motifs is 2. The van der Waals surface area contributed by atoms with Crippen LogP contribution in [0.4, 0.5) is 11.5 Å². The van der Waals surface area contributed by atoms with Gasteiger partial charge in [0.15, 0.2) is 0 Å². The zero-order valence-corrected chi connectivity index (χ0v) is 31.2. The molecule has 0 radical (unpaired) electrons. The minimum absolute atomic E-state index is 0.0536. The fraction of sp³-hybridized carbons (Fsp3) is 0.450. The Balaban J connectivity index is 0.797. The third kappa shape index (κ3) is 8.87. The molecule has 2 fully saturated rings. The van der Waals surface area contributed by atoms with E-state index < -0.39 is 35.8 Å². The Morgan fingerprint density at radius 3 is 2.52 bits per heavy atom. The van der Waals surface area contributed by atoms with Gasteiger partial charge in [-0.1, -0.05) is 30.3 Å².